The minimum absolute atomic E-state index is 0.147. The van der Waals surface area contributed by atoms with Crippen LogP contribution in [-0.4, -0.2) is 41.8 Å². The molecular formula is C30H30N2O4. The normalized spacial score (nSPS) is 28.4. The lowest BCUT2D eigenvalue weighted by Gasteiger charge is -2.39. The van der Waals surface area contributed by atoms with Gasteiger partial charge in [0, 0.05) is 17.8 Å². The lowest BCUT2D eigenvalue weighted by Crippen LogP contribution is -2.47. The molecule has 1 amide bonds. The van der Waals surface area contributed by atoms with Gasteiger partial charge in [-0.15, -0.1) is 0 Å². The van der Waals surface area contributed by atoms with Crippen LogP contribution in [-0.2, 0) is 20.7 Å². The number of ether oxygens (including phenoxy) is 1. The summed E-state index contributed by atoms with van der Waals surface area (Å²) in [5, 5.41) is 2.99. The molecule has 1 spiro atoms. The van der Waals surface area contributed by atoms with E-state index in [0.29, 0.717) is 29.8 Å². The van der Waals surface area contributed by atoms with Crippen molar-refractivity contribution in [2.75, 3.05) is 13.2 Å². The highest BCUT2D eigenvalue weighted by Crippen LogP contribution is 2.63. The van der Waals surface area contributed by atoms with Gasteiger partial charge in [0.1, 0.15) is 11.3 Å². The van der Waals surface area contributed by atoms with E-state index >= 15 is 0 Å². The molecule has 0 bridgehead atoms. The molecular weight excluding hydrogens is 452 g/mol. The number of hydrogen-bond donors (Lipinski definition) is 1. The zero-order valence-electron chi connectivity index (χ0n) is 20.6. The summed E-state index contributed by atoms with van der Waals surface area (Å²) in [6.07, 6.45) is 6.20. The fourth-order valence-corrected chi connectivity index (χ4v) is 6.24. The summed E-state index contributed by atoms with van der Waals surface area (Å²) in [7, 11) is 0. The lowest BCUT2D eigenvalue weighted by atomic mass is 9.64. The summed E-state index contributed by atoms with van der Waals surface area (Å²) in [6, 6.07) is 15.5. The quantitative estimate of drug-likeness (QED) is 0.512. The number of Topliss-reactive ketones (excluding diaryl/α,β-unsaturated/α-hetero) is 1. The van der Waals surface area contributed by atoms with Crippen LogP contribution in [0.25, 0.3) is 0 Å². The van der Waals surface area contributed by atoms with Crippen molar-refractivity contribution in [2.24, 2.45) is 11.3 Å². The maximum absolute atomic E-state index is 14.1. The van der Waals surface area contributed by atoms with Crippen molar-refractivity contribution in [1.82, 2.24) is 10.2 Å². The third kappa shape index (κ3) is 3.39. The maximum atomic E-state index is 14.1. The van der Waals surface area contributed by atoms with Crippen molar-refractivity contribution in [3.05, 3.63) is 107 Å². The van der Waals surface area contributed by atoms with Crippen LogP contribution in [0.1, 0.15) is 41.4 Å². The van der Waals surface area contributed by atoms with Gasteiger partial charge in [-0.05, 0) is 43.0 Å². The topological polar surface area (TPSA) is 75.7 Å². The Labute approximate surface area is 211 Å². The molecule has 2 aromatic rings. The second-order valence-electron chi connectivity index (χ2n) is 9.40. The number of esters is 1. The Bertz CT molecular complexity index is 1300. The molecule has 3 aliphatic rings. The largest absolute Gasteiger partial charge is 0.466 e. The van der Waals surface area contributed by atoms with E-state index in [1.54, 1.807) is 37.3 Å². The molecule has 36 heavy (non-hydrogen) atoms. The van der Waals surface area contributed by atoms with E-state index in [-0.39, 0.29) is 18.3 Å². The smallest absolute Gasteiger partial charge is 0.312 e. The molecule has 2 aromatic carbocycles. The summed E-state index contributed by atoms with van der Waals surface area (Å²) in [5.74, 6) is -2.12. The number of allylic oxidation sites excluding steroid dienone is 4. The molecule has 5 rings (SSSR count). The number of fused-ring (bicyclic) bond motifs is 4. The van der Waals surface area contributed by atoms with Gasteiger partial charge in [-0.25, -0.2) is 0 Å². The van der Waals surface area contributed by atoms with Crippen LogP contribution in [0.15, 0.2) is 90.7 Å². The summed E-state index contributed by atoms with van der Waals surface area (Å²) in [4.78, 5) is 44.0. The van der Waals surface area contributed by atoms with Crippen molar-refractivity contribution < 1.29 is 19.1 Å². The molecule has 0 saturated carbocycles. The number of nitrogens with one attached hydrogen (secondary N) is 1. The number of carbonyl (C=O) groups is 3. The average molecular weight is 483 g/mol. The maximum Gasteiger partial charge on any atom is 0.312 e. The monoisotopic (exact) mass is 482 g/mol. The van der Waals surface area contributed by atoms with Gasteiger partial charge < -0.3 is 10.1 Å². The molecule has 3 heterocycles. The molecule has 6 nitrogen and oxygen atoms in total. The molecule has 6 heteroatoms. The molecule has 184 valence electrons. The van der Waals surface area contributed by atoms with E-state index in [4.69, 9.17) is 4.74 Å². The van der Waals surface area contributed by atoms with Gasteiger partial charge in [0.15, 0.2) is 5.78 Å². The number of carbonyl (C=O) groups excluding carboxylic acids is 3. The third-order valence-corrected chi connectivity index (χ3v) is 7.69. The Morgan fingerprint density at radius 1 is 1.17 bits per heavy atom. The predicted molar refractivity (Wildman–Crippen MR) is 137 cm³/mol. The Kier molecular flexibility index (Phi) is 6.22. The van der Waals surface area contributed by atoms with E-state index in [9.17, 15) is 14.4 Å². The van der Waals surface area contributed by atoms with Gasteiger partial charge in [-0.1, -0.05) is 73.3 Å². The highest BCUT2D eigenvalue weighted by molar-refractivity contribution is 6.07. The summed E-state index contributed by atoms with van der Waals surface area (Å²) >= 11 is 0. The molecule has 1 N–H and O–H groups in total. The standard InChI is InChI=1S/C30H30N2O4/c1-4-6-16-23-19(3)30(29(35)31-23)24(28(34)36-5-2)25(26(33)21-13-8-7-9-14-21)32-18-17-20-12-10-11-15-22(20)27(30)32/h4,6-16,24-25,27H,3,5,17-18H2,1-2H3,(H,31,35)/b6-4-,23-16+/t24-,25+,27-,30-/m1/s1. The zero-order valence-corrected chi connectivity index (χ0v) is 20.6. The number of benzene rings is 2. The van der Waals surface area contributed by atoms with Gasteiger partial charge in [0.05, 0.1) is 18.7 Å². The van der Waals surface area contributed by atoms with E-state index in [1.165, 1.54) is 0 Å². The summed E-state index contributed by atoms with van der Waals surface area (Å²) < 4.78 is 5.56. The number of rotatable bonds is 5. The van der Waals surface area contributed by atoms with Crippen molar-refractivity contribution in [3.8, 4) is 0 Å². The van der Waals surface area contributed by atoms with Crippen molar-refractivity contribution in [2.45, 2.75) is 32.4 Å². The molecule has 4 atom stereocenters. The van der Waals surface area contributed by atoms with Crippen molar-refractivity contribution >= 4 is 17.7 Å². The van der Waals surface area contributed by atoms with E-state index in [2.05, 4.69) is 18.0 Å². The highest BCUT2D eigenvalue weighted by Gasteiger charge is 2.72. The van der Waals surface area contributed by atoms with Gasteiger partial charge in [-0.2, -0.15) is 0 Å². The number of ketones is 1. The second kappa shape index (κ2) is 9.36. The lowest BCUT2D eigenvalue weighted by molar-refractivity contribution is -0.154. The number of amides is 1. The van der Waals surface area contributed by atoms with E-state index < -0.39 is 29.4 Å². The van der Waals surface area contributed by atoms with E-state index in [0.717, 1.165) is 11.1 Å². The fourth-order valence-electron chi connectivity index (χ4n) is 6.24. The van der Waals surface area contributed by atoms with Crippen LogP contribution in [0.3, 0.4) is 0 Å². The van der Waals surface area contributed by atoms with Crippen molar-refractivity contribution in [1.29, 1.82) is 0 Å². The Hall–Kier alpha value is -3.77. The summed E-state index contributed by atoms with van der Waals surface area (Å²) in [5.41, 5.74) is 2.25. The van der Waals surface area contributed by atoms with Crippen LogP contribution >= 0.6 is 0 Å². The second-order valence-corrected chi connectivity index (χ2v) is 9.40. The molecule has 0 aromatic heterocycles. The Morgan fingerprint density at radius 3 is 2.61 bits per heavy atom. The first-order valence-electron chi connectivity index (χ1n) is 12.4. The Balaban J connectivity index is 1.78. The first kappa shape index (κ1) is 23.9. The zero-order chi connectivity index (χ0) is 25.4. The molecule has 2 saturated heterocycles. The van der Waals surface area contributed by atoms with Crippen LogP contribution in [0, 0.1) is 11.3 Å². The summed E-state index contributed by atoms with van der Waals surface area (Å²) in [6.45, 7) is 8.67. The van der Waals surface area contributed by atoms with Gasteiger partial charge in [0.2, 0.25) is 5.91 Å². The minimum atomic E-state index is -1.38. The SMILES string of the molecule is C=C1/C(=C\C=C/C)NC(=O)[C@@]12[C@@H](C(=O)OCC)[C@@H](C(=O)c1ccccc1)N1CCc3ccccc3[C@@H]12. The number of nitrogens with zero attached hydrogens (tertiary/aromatic N) is 1. The van der Waals surface area contributed by atoms with Crippen LogP contribution in [0.5, 0.6) is 0 Å². The van der Waals surface area contributed by atoms with E-state index in [1.807, 2.05) is 48.2 Å². The minimum Gasteiger partial charge on any atom is -0.466 e. The molecule has 2 fully saturated rings. The van der Waals surface area contributed by atoms with Crippen LogP contribution in [0.4, 0.5) is 0 Å². The third-order valence-electron chi connectivity index (χ3n) is 7.69. The molecule has 0 aliphatic carbocycles. The first-order chi connectivity index (χ1) is 17.5. The van der Waals surface area contributed by atoms with Gasteiger partial charge in [-0.3, -0.25) is 19.3 Å². The number of hydrogen-bond acceptors (Lipinski definition) is 5. The van der Waals surface area contributed by atoms with Crippen molar-refractivity contribution in [3.63, 3.8) is 0 Å². The average Bonchev–Trinajstić information content (AvgIpc) is 3.35. The molecule has 3 aliphatic heterocycles. The Morgan fingerprint density at radius 2 is 1.89 bits per heavy atom. The predicted octanol–water partition coefficient (Wildman–Crippen LogP) is 4.16. The van der Waals surface area contributed by atoms with Crippen LogP contribution in [0.2, 0.25) is 0 Å². The fraction of sp³-hybridized carbons (Fsp3) is 0.300. The van der Waals surface area contributed by atoms with Crippen LogP contribution < -0.4 is 5.32 Å². The molecule has 0 unspecified atom stereocenters. The first-order valence-corrected chi connectivity index (χ1v) is 12.4. The molecule has 0 radical (unpaired) electrons. The van der Waals surface area contributed by atoms with Gasteiger partial charge >= 0.3 is 5.97 Å². The highest BCUT2D eigenvalue weighted by atomic mass is 16.5. The van der Waals surface area contributed by atoms with Gasteiger partial charge in [0.25, 0.3) is 0 Å².